The molecule has 4 N–H and O–H groups in total. The van der Waals surface area contributed by atoms with Crippen molar-refractivity contribution >= 4 is 23.1 Å². The van der Waals surface area contributed by atoms with E-state index in [1.165, 1.54) is 5.56 Å². The molecule has 9 nitrogen and oxygen atoms in total. The SMILES string of the molecule is COc1ccc(CCCNCCCN(C(=O)Nc2ccc(OC)c(OC)c2)c2ccc(N)cc2)cc1OC. The number of nitrogens with zero attached hydrogens (tertiary/aromatic N) is 1. The highest BCUT2D eigenvalue weighted by atomic mass is 16.5. The Kier molecular flexibility index (Phi) is 10.9. The van der Waals surface area contributed by atoms with E-state index >= 15 is 0 Å². The molecule has 0 heterocycles. The van der Waals surface area contributed by atoms with Crippen molar-refractivity contribution in [1.29, 1.82) is 0 Å². The van der Waals surface area contributed by atoms with Gasteiger partial charge in [-0.1, -0.05) is 6.07 Å². The topological polar surface area (TPSA) is 107 Å². The van der Waals surface area contributed by atoms with Crippen LogP contribution in [0.4, 0.5) is 21.9 Å². The molecule has 0 bridgehead atoms. The summed E-state index contributed by atoms with van der Waals surface area (Å²) in [5.41, 5.74) is 9.08. The third kappa shape index (κ3) is 7.94. The van der Waals surface area contributed by atoms with Gasteiger partial charge >= 0.3 is 6.03 Å². The first-order chi connectivity index (χ1) is 18.5. The summed E-state index contributed by atoms with van der Waals surface area (Å²) in [5.74, 6) is 2.61. The van der Waals surface area contributed by atoms with E-state index in [9.17, 15) is 4.79 Å². The fourth-order valence-electron chi connectivity index (χ4n) is 4.05. The number of hydrogen-bond donors (Lipinski definition) is 3. The van der Waals surface area contributed by atoms with E-state index in [-0.39, 0.29) is 6.03 Å². The number of anilines is 3. The van der Waals surface area contributed by atoms with Crippen LogP contribution in [0, 0.1) is 0 Å². The summed E-state index contributed by atoms with van der Waals surface area (Å²) in [6.45, 7) is 2.18. The first kappa shape index (κ1) is 28.5. The lowest BCUT2D eigenvalue weighted by Crippen LogP contribution is -2.37. The zero-order valence-corrected chi connectivity index (χ0v) is 22.6. The molecular formula is C29H38N4O5. The molecule has 0 saturated heterocycles. The van der Waals surface area contributed by atoms with Crippen LogP contribution in [0.1, 0.15) is 18.4 Å². The Morgan fingerprint density at radius 2 is 1.37 bits per heavy atom. The van der Waals surface area contributed by atoms with Crippen LogP contribution in [0.5, 0.6) is 23.0 Å². The number of benzene rings is 3. The van der Waals surface area contributed by atoms with Crippen molar-refractivity contribution < 1.29 is 23.7 Å². The number of urea groups is 1. The molecule has 0 fully saturated rings. The Bertz CT molecular complexity index is 1170. The second kappa shape index (κ2) is 14.6. The maximum atomic E-state index is 13.2. The number of aryl methyl sites for hydroxylation is 1. The maximum Gasteiger partial charge on any atom is 0.326 e. The smallest absolute Gasteiger partial charge is 0.326 e. The molecule has 2 amide bonds. The molecule has 38 heavy (non-hydrogen) atoms. The average molecular weight is 523 g/mol. The maximum absolute atomic E-state index is 13.2. The number of carbonyl (C=O) groups excluding carboxylic acids is 1. The molecule has 0 aliphatic rings. The van der Waals surface area contributed by atoms with E-state index in [2.05, 4.69) is 16.7 Å². The van der Waals surface area contributed by atoms with Crippen molar-refractivity contribution in [3.8, 4) is 23.0 Å². The van der Waals surface area contributed by atoms with Gasteiger partial charge in [-0.3, -0.25) is 4.90 Å². The summed E-state index contributed by atoms with van der Waals surface area (Å²) in [6.07, 6.45) is 2.69. The van der Waals surface area contributed by atoms with Crippen LogP contribution >= 0.6 is 0 Å². The van der Waals surface area contributed by atoms with Gasteiger partial charge in [-0.25, -0.2) is 4.79 Å². The lowest BCUT2D eigenvalue weighted by atomic mass is 10.1. The van der Waals surface area contributed by atoms with Crippen LogP contribution in [0.2, 0.25) is 0 Å². The fraction of sp³-hybridized carbons (Fsp3) is 0.345. The van der Waals surface area contributed by atoms with Gasteiger partial charge in [0, 0.05) is 29.7 Å². The van der Waals surface area contributed by atoms with Crippen LogP contribution < -0.4 is 40.2 Å². The number of nitrogens with one attached hydrogen (secondary N) is 2. The largest absolute Gasteiger partial charge is 0.493 e. The highest BCUT2D eigenvalue weighted by Gasteiger charge is 2.17. The summed E-state index contributed by atoms with van der Waals surface area (Å²) in [6, 6.07) is 18.3. The predicted octanol–water partition coefficient (Wildman–Crippen LogP) is 4.95. The lowest BCUT2D eigenvalue weighted by molar-refractivity contribution is 0.256. The van der Waals surface area contributed by atoms with Crippen LogP contribution in [-0.4, -0.2) is 54.1 Å². The number of carbonyl (C=O) groups is 1. The van der Waals surface area contributed by atoms with Gasteiger partial charge in [0.1, 0.15) is 0 Å². The molecule has 0 aliphatic carbocycles. The highest BCUT2D eigenvalue weighted by Crippen LogP contribution is 2.30. The van der Waals surface area contributed by atoms with Gasteiger partial charge in [-0.05, 0) is 86.4 Å². The van der Waals surface area contributed by atoms with Gasteiger partial charge in [0.05, 0.1) is 28.4 Å². The van der Waals surface area contributed by atoms with Crippen molar-refractivity contribution in [2.75, 3.05) is 64.0 Å². The van der Waals surface area contributed by atoms with Crippen molar-refractivity contribution in [3.63, 3.8) is 0 Å². The highest BCUT2D eigenvalue weighted by molar-refractivity contribution is 6.02. The summed E-state index contributed by atoms with van der Waals surface area (Å²) < 4.78 is 21.3. The van der Waals surface area contributed by atoms with Gasteiger partial charge in [0.25, 0.3) is 0 Å². The zero-order valence-electron chi connectivity index (χ0n) is 22.6. The molecule has 0 saturated carbocycles. The molecule has 3 rings (SSSR count). The number of methoxy groups -OCH3 is 4. The van der Waals surface area contributed by atoms with Gasteiger partial charge in [-0.2, -0.15) is 0 Å². The lowest BCUT2D eigenvalue weighted by Gasteiger charge is -2.24. The fourth-order valence-corrected chi connectivity index (χ4v) is 4.05. The summed E-state index contributed by atoms with van der Waals surface area (Å²) in [7, 11) is 6.41. The second-order valence-electron chi connectivity index (χ2n) is 8.64. The minimum atomic E-state index is -0.240. The Labute approximate surface area is 224 Å². The number of amides is 2. The van der Waals surface area contributed by atoms with Crippen LogP contribution in [-0.2, 0) is 6.42 Å². The molecule has 0 atom stereocenters. The quantitative estimate of drug-likeness (QED) is 0.203. The normalized spacial score (nSPS) is 10.5. The minimum absolute atomic E-state index is 0.240. The van der Waals surface area contributed by atoms with Crippen LogP contribution in [0.3, 0.4) is 0 Å². The van der Waals surface area contributed by atoms with Crippen LogP contribution in [0.15, 0.2) is 60.7 Å². The van der Waals surface area contributed by atoms with E-state index in [1.54, 1.807) is 63.7 Å². The van der Waals surface area contributed by atoms with E-state index in [4.69, 9.17) is 24.7 Å². The molecule has 9 heteroatoms. The standard InChI is InChI=1S/C29H38N4O5/c1-35-25-14-8-21(19-27(25)37-3)7-5-16-31-17-6-18-33(24-12-9-22(30)10-13-24)29(34)32-23-11-15-26(36-2)28(20-23)38-4/h8-15,19-20,31H,5-7,16-18,30H2,1-4H3,(H,32,34). The Balaban J connectivity index is 1.52. The predicted molar refractivity (Wildman–Crippen MR) is 152 cm³/mol. The number of nitrogen functional groups attached to an aromatic ring is 1. The first-order valence-electron chi connectivity index (χ1n) is 12.6. The van der Waals surface area contributed by atoms with E-state index < -0.39 is 0 Å². The number of nitrogens with two attached hydrogens (primary N) is 1. The van der Waals surface area contributed by atoms with E-state index in [0.29, 0.717) is 29.4 Å². The average Bonchev–Trinajstić information content (AvgIpc) is 2.94. The van der Waals surface area contributed by atoms with Crippen molar-refractivity contribution in [3.05, 3.63) is 66.2 Å². The second-order valence-corrected chi connectivity index (χ2v) is 8.64. The third-order valence-electron chi connectivity index (χ3n) is 6.09. The number of hydrogen-bond acceptors (Lipinski definition) is 7. The monoisotopic (exact) mass is 522 g/mol. The molecule has 3 aromatic rings. The number of ether oxygens (including phenoxy) is 4. The van der Waals surface area contributed by atoms with E-state index in [1.807, 2.05) is 24.3 Å². The molecular weight excluding hydrogens is 484 g/mol. The number of rotatable bonds is 14. The van der Waals surface area contributed by atoms with Crippen molar-refractivity contribution in [2.45, 2.75) is 19.3 Å². The Hall–Kier alpha value is -4.11. The summed E-state index contributed by atoms with van der Waals surface area (Å²) in [5, 5.41) is 6.43. The Morgan fingerprint density at radius 3 is 2.03 bits per heavy atom. The molecule has 0 radical (unpaired) electrons. The van der Waals surface area contributed by atoms with Gasteiger partial charge in [0.15, 0.2) is 23.0 Å². The molecule has 0 unspecified atom stereocenters. The van der Waals surface area contributed by atoms with Crippen LogP contribution in [0.25, 0.3) is 0 Å². The molecule has 0 aromatic heterocycles. The summed E-state index contributed by atoms with van der Waals surface area (Å²) in [4.78, 5) is 15.0. The first-order valence-corrected chi connectivity index (χ1v) is 12.6. The zero-order chi connectivity index (χ0) is 27.3. The molecule has 3 aromatic carbocycles. The van der Waals surface area contributed by atoms with Crippen molar-refractivity contribution in [1.82, 2.24) is 5.32 Å². The Morgan fingerprint density at radius 1 is 0.763 bits per heavy atom. The third-order valence-corrected chi connectivity index (χ3v) is 6.09. The minimum Gasteiger partial charge on any atom is -0.493 e. The van der Waals surface area contributed by atoms with Gasteiger partial charge in [0.2, 0.25) is 0 Å². The molecule has 0 aliphatic heterocycles. The van der Waals surface area contributed by atoms with Crippen molar-refractivity contribution in [2.24, 2.45) is 0 Å². The molecule has 204 valence electrons. The van der Waals surface area contributed by atoms with Gasteiger partial charge < -0.3 is 35.3 Å². The van der Waals surface area contributed by atoms with Gasteiger partial charge in [-0.15, -0.1) is 0 Å². The van der Waals surface area contributed by atoms with E-state index in [0.717, 1.165) is 49.5 Å². The molecule has 0 spiro atoms. The summed E-state index contributed by atoms with van der Waals surface area (Å²) >= 11 is 0.